The fraction of sp³-hybridized carbons (Fsp3) is 0.875. The van der Waals surface area contributed by atoms with Gasteiger partial charge in [0.1, 0.15) is 0 Å². The lowest BCUT2D eigenvalue weighted by Crippen LogP contribution is -2.43. The lowest BCUT2D eigenvalue weighted by molar-refractivity contribution is -0.122. The van der Waals surface area contributed by atoms with Gasteiger partial charge in [-0.2, -0.15) is 0 Å². The summed E-state index contributed by atoms with van der Waals surface area (Å²) in [6, 6.07) is 0. The van der Waals surface area contributed by atoms with Crippen molar-refractivity contribution >= 4 is 14.8 Å². The second-order valence-corrected chi connectivity index (χ2v) is 4.34. The minimum absolute atomic E-state index is 0.250. The van der Waals surface area contributed by atoms with E-state index in [4.69, 9.17) is 19.7 Å². The molecule has 0 aromatic carbocycles. The van der Waals surface area contributed by atoms with E-state index in [1.807, 2.05) is 0 Å². The smallest absolute Gasteiger partial charge is 0.290 e. The van der Waals surface area contributed by atoms with Gasteiger partial charge in [-0.15, -0.1) is 0 Å². The number of hydrogen-bond donors (Lipinski definition) is 4. The van der Waals surface area contributed by atoms with Crippen LogP contribution in [0.15, 0.2) is 0 Å². The van der Waals surface area contributed by atoms with Crippen LogP contribution in [0.5, 0.6) is 0 Å². The van der Waals surface area contributed by atoms with E-state index in [1.165, 1.54) is 0 Å². The van der Waals surface area contributed by atoms with Crippen LogP contribution in [0, 0.1) is 0 Å². The summed E-state index contributed by atoms with van der Waals surface area (Å²) < 4.78 is 0. The molecule has 6 nitrogen and oxygen atoms in total. The van der Waals surface area contributed by atoms with Crippen molar-refractivity contribution in [2.24, 2.45) is 0 Å². The summed E-state index contributed by atoms with van der Waals surface area (Å²) in [4.78, 5) is 28.1. The second-order valence-electron chi connectivity index (χ2n) is 3.15. The zero-order valence-corrected chi connectivity index (χ0v) is 9.57. The standard InChI is InChI=1S/C7H17N2O2P.CH2O2/c10-12(11)7-1-4-9-5-2-8-3-6-9;2-1-3/h8,10-11H,1-7H2;1H,(H,2,3). The normalized spacial score (nSPS) is 17.0. The zero-order valence-electron chi connectivity index (χ0n) is 8.67. The molecule has 1 rings (SSSR count). The summed E-state index contributed by atoms with van der Waals surface area (Å²) in [5.41, 5.74) is 0. The second kappa shape index (κ2) is 10.3. The number of piperazine rings is 1. The Morgan fingerprint density at radius 1 is 1.33 bits per heavy atom. The van der Waals surface area contributed by atoms with Crippen molar-refractivity contribution < 1.29 is 19.7 Å². The minimum atomic E-state index is -1.67. The Labute approximate surface area is 90.8 Å². The Balaban J connectivity index is 0.000000583. The van der Waals surface area contributed by atoms with E-state index in [-0.39, 0.29) is 6.47 Å². The topological polar surface area (TPSA) is 93.0 Å². The molecular formula is C8H19N2O4P. The number of nitrogens with one attached hydrogen (secondary N) is 1. The monoisotopic (exact) mass is 238 g/mol. The average Bonchev–Trinajstić information content (AvgIpc) is 2.20. The van der Waals surface area contributed by atoms with Gasteiger partial charge in [-0.05, 0) is 13.0 Å². The van der Waals surface area contributed by atoms with E-state index in [0.717, 1.165) is 39.1 Å². The minimum Gasteiger partial charge on any atom is -0.483 e. The maximum atomic E-state index is 8.67. The van der Waals surface area contributed by atoms with Crippen molar-refractivity contribution in [2.45, 2.75) is 6.42 Å². The van der Waals surface area contributed by atoms with Gasteiger partial charge in [-0.3, -0.25) is 4.79 Å². The maximum Gasteiger partial charge on any atom is 0.290 e. The summed E-state index contributed by atoms with van der Waals surface area (Å²) in [6.07, 6.45) is 1.46. The molecule has 4 N–H and O–H groups in total. The van der Waals surface area contributed by atoms with Crippen molar-refractivity contribution in [3.8, 4) is 0 Å². The van der Waals surface area contributed by atoms with Gasteiger partial charge >= 0.3 is 0 Å². The van der Waals surface area contributed by atoms with Gasteiger partial charge in [0.15, 0.2) is 8.38 Å². The first-order valence-electron chi connectivity index (χ1n) is 4.87. The highest BCUT2D eigenvalue weighted by atomic mass is 31.2. The van der Waals surface area contributed by atoms with Crippen LogP contribution in [0.4, 0.5) is 0 Å². The van der Waals surface area contributed by atoms with Gasteiger partial charge in [0.2, 0.25) is 0 Å². The highest BCUT2D eigenvalue weighted by molar-refractivity contribution is 7.45. The molecule has 1 saturated heterocycles. The molecule has 1 aliphatic rings. The molecule has 0 aromatic heterocycles. The van der Waals surface area contributed by atoms with E-state index in [2.05, 4.69) is 10.2 Å². The first-order valence-corrected chi connectivity index (χ1v) is 6.30. The third-order valence-corrected chi connectivity index (χ3v) is 2.76. The highest BCUT2D eigenvalue weighted by Crippen LogP contribution is 2.23. The third-order valence-electron chi connectivity index (χ3n) is 2.04. The van der Waals surface area contributed by atoms with E-state index in [9.17, 15) is 0 Å². The summed E-state index contributed by atoms with van der Waals surface area (Å²) >= 11 is 0. The number of carbonyl (C=O) groups is 1. The average molecular weight is 238 g/mol. The van der Waals surface area contributed by atoms with Gasteiger partial charge in [0.25, 0.3) is 6.47 Å². The molecule has 0 aromatic rings. The van der Waals surface area contributed by atoms with Gasteiger partial charge < -0.3 is 25.1 Å². The molecule has 0 amide bonds. The summed E-state index contributed by atoms with van der Waals surface area (Å²) in [6.45, 7) is 5.06. The van der Waals surface area contributed by atoms with Crippen LogP contribution >= 0.6 is 8.38 Å². The number of rotatable bonds is 4. The SMILES string of the molecule is O=CO.OP(O)CCCN1CCNCC1. The Hall–Kier alpha value is -0.260. The lowest BCUT2D eigenvalue weighted by Gasteiger charge is -2.26. The molecule has 0 saturated carbocycles. The highest BCUT2D eigenvalue weighted by Gasteiger charge is 2.09. The number of hydrogen-bond acceptors (Lipinski definition) is 5. The third kappa shape index (κ3) is 10.0. The van der Waals surface area contributed by atoms with E-state index in [1.54, 1.807) is 0 Å². The molecular weight excluding hydrogens is 219 g/mol. The van der Waals surface area contributed by atoms with Gasteiger partial charge in [-0.1, -0.05) is 0 Å². The Bertz CT molecular complexity index is 154. The van der Waals surface area contributed by atoms with E-state index in [0.29, 0.717) is 6.16 Å². The summed E-state index contributed by atoms with van der Waals surface area (Å²) in [5, 5.41) is 10.2. The molecule has 0 spiro atoms. The molecule has 1 fully saturated rings. The van der Waals surface area contributed by atoms with Crippen LogP contribution in [0.3, 0.4) is 0 Å². The lowest BCUT2D eigenvalue weighted by atomic mass is 10.3. The first kappa shape index (κ1) is 14.7. The predicted octanol–water partition coefficient (Wildman–Crippen LogP) is -0.721. The van der Waals surface area contributed by atoms with Crippen LogP contribution < -0.4 is 5.32 Å². The van der Waals surface area contributed by atoms with Crippen molar-refractivity contribution in [1.29, 1.82) is 0 Å². The molecule has 1 aliphatic heterocycles. The molecule has 0 aliphatic carbocycles. The van der Waals surface area contributed by atoms with Crippen LogP contribution in [-0.2, 0) is 4.79 Å². The van der Waals surface area contributed by atoms with Crippen molar-refractivity contribution in [3.05, 3.63) is 0 Å². The zero-order chi connectivity index (χ0) is 11.5. The molecule has 90 valence electrons. The van der Waals surface area contributed by atoms with Crippen LogP contribution in [0.2, 0.25) is 0 Å². The fourth-order valence-electron chi connectivity index (χ4n) is 1.37. The van der Waals surface area contributed by atoms with Crippen LogP contribution in [0.25, 0.3) is 0 Å². The predicted molar refractivity (Wildman–Crippen MR) is 58.8 cm³/mol. The Morgan fingerprint density at radius 3 is 2.33 bits per heavy atom. The molecule has 1 heterocycles. The van der Waals surface area contributed by atoms with Crippen LogP contribution in [0.1, 0.15) is 6.42 Å². The van der Waals surface area contributed by atoms with Crippen molar-refractivity contribution in [1.82, 2.24) is 10.2 Å². The molecule has 7 heteroatoms. The number of carboxylic acid groups (broad SMARTS) is 1. The van der Waals surface area contributed by atoms with Crippen LogP contribution in [-0.4, -0.2) is 65.2 Å². The Morgan fingerprint density at radius 2 is 1.87 bits per heavy atom. The fourth-order valence-corrected chi connectivity index (χ4v) is 1.79. The van der Waals surface area contributed by atoms with Gasteiger partial charge in [0, 0.05) is 32.3 Å². The first-order chi connectivity index (χ1) is 7.20. The molecule has 15 heavy (non-hydrogen) atoms. The summed E-state index contributed by atoms with van der Waals surface area (Å²) in [7, 11) is -1.67. The molecule has 0 unspecified atom stereocenters. The van der Waals surface area contributed by atoms with Gasteiger partial charge in [-0.25, -0.2) is 0 Å². The maximum absolute atomic E-state index is 8.67. The van der Waals surface area contributed by atoms with Crippen molar-refractivity contribution in [3.63, 3.8) is 0 Å². The Kier molecular flexibility index (Phi) is 10.1. The van der Waals surface area contributed by atoms with Gasteiger partial charge in [0.05, 0.1) is 0 Å². The molecule has 0 radical (unpaired) electrons. The van der Waals surface area contributed by atoms with Crippen molar-refractivity contribution in [2.75, 3.05) is 38.9 Å². The van der Waals surface area contributed by atoms with E-state index < -0.39 is 8.38 Å². The molecule has 0 bridgehead atoms. The number of nitrogens with zero attached hydrogens (tertiary/aromatic N) is 1. The van der Waals surface area contributed by atoms with E-state index >= 15 is 0 Å². The quantitative estimate of drug-likeness (QED) is 0.381. The molecule has 0 atom stereocenters. The largest absolute Gasteiger partial charge is 0.483 e. The summed E-state index contributed by atoms with van der Waals surface area (Å²) in [5.74, 6) is 0.